The molecule has 2 heterocycles. The van der Waals surface area contributed by atoms with E-state index < -0.39 is 0 Å². The van der Waals surface area contributed by atoms with Gasteiger partial charge in [0.25, 0.3) is 0 Å². The molecular formula is C13H16N4O. The first kappa shape index (κ1) is 11.2. The number of benzene rings is 1. The zero-order chi connectivity index (χ0) is 12.4. The minimum Gasteiger partial charge on any atom is -0.399 e. The molecule has 1 saturated heterocycles. The number of anilines is 1. The maximum Gasteiger partial charge on any atom is 0.181 e. The summed E-state index contributed by atoms with van der Waals surface area (Å²) in [6, 6.07) is 7.56. The molecule has 94 valence electrons. The average molecular weight is 244 g/mol. The second-order valence-electron chi connectivity index (χ2n) is 4.49. The van der Waals surface area contributed by atoms with Crippen LogP contribution in [0.25, 0.3) is 11.4 Å². The second-order valence-corrected chi connectivity index (χ2v) is 4.49. The van der Waals surface area contributed by atoms with E-state index >= 15 is 0 Å². The molecule has 0 radical (unpaired) electrons. The SMILES string of the molecule is Nc1ccc(-c2ncn(C3CCCCO3)n2)cc1. The van der Waals surface area contributed by atoms with Gasteiger partial charge in [-0.25, -0.2) is 9.67 Å². The molecule has 1 aromatic carbocycles. The van der Waals surface area contributed by atoms with Gasteiger partial charge in [-0.15, -0.1) is 5.10 Å². The highest BCUT2D eigenvalue weighted by Crippen LogP contribution is 2.23. The van der Waals surface area contributed by atoms with Crippen molar-refractivity contribution in [2.45, 2.75) is 25.5 Å². The normalized spacial score (nSPS) is 19.9. The molecule has 0 amide bonds. The van der Waals surface area contributed by atoms with Crippen LogP contribution >= 0.6 is 0 Å². The van der Waals surface area contributed by atoms with E-state index in [1.807, 2.05) is 28.9 Å². The zero-order valence-electron chi connectivity index (χ0n) is 10.1. The minimum atomic E-state index is 0.0359. The fourth-order valence-corrected chi connectivity index (χ4v) is 2.11. The zero-order valence-corrected chi connectivity index (χ0v) is 10.1. The number of nitrogen functional groups attached to an aromatic ring is 1. The maximum atomic E-state index is 5.67. The lowest BCUT2D eigenvalue weighted by atomic mass is 10.2. The van der Waals surface area contributed by atoms with Gasteiger partial charge in [-0.2, -0.15) is 0 Å². The van der Waals surface area contributed by atoms with E-state index in [-0.39, 0.29) is 6.23 Å². The van der Waals surface area contributed by atoms with E-state index in [1.54, 1.807) is 6.33 Å². The van der Waals surface area contributed by atoms with Crippen molar-refractivity contribution in [3.8, 4) is 11.4 Å². The maximum absolute atomic E-state index is 5.67. The van der Waals surface area contributed by atoms with Gasteiger partial charge in [0.1, 0.15) is 6.33 Å². The highest BCUT2D eigenvalue weighted by atomic mass is 16.5. The molecule has 0 bridgehead atoms. The molecule has 0 aliphatic carbocycles. The number of rotatable bonds is 2. The van der Waals surface area contributed by atoms with Crippen LogP contribution in [0.5, 0.6) is 0 Å². The second kappa shape index (κ2) is 4.78. The van der Waals surface area contributed by atoms with Crippen LogP contribution < -0.4 is 5.73 Å². The van der Waals surface area contributed by atoms with Gasteiger partial charge >= 0.3 is 0 Å². The average Bonchev–Trinajstić information content (AvgIpc) is 2.90. The third kappa shape index (κ3) is 2.22. The van der Waals surface area contributed by atoms with E-state index in [0.29, 0.717) is 5.82 Å². The molecule has 1 unspecified atom stereocenters. The summed E-state index contributed by atoms with van der Waals surface area (Å²) in [7, 11) is 0. The third-order valence-electron chi connectivity index (χ3n) is 3.13. The summed E-state index contributed by atoms with van der Waals surface area (Å²) in [4.78, 5) is 4.32. The standard InChI is InChI=1S/C13H16N4O/c14-11-6-4-10(5-7-11)13-15-9-17(16-13)12-3-1-2-8-18-12/h4-7,9,12H,1-3,8,14H2. The molecule has 1 aliphatic heterocycles. The highest BCUT2D eigenvalue weighted by Gasteiger charge is 2.17. The fourth-order valence-electron chi connectivity index (χ4n) is 2.11. The van der Waals surface area contributed by atoms with Crippen molar-refractivity contribution >= 4 is 5.69 Å². The molecule has 3 rings (SSSR count). The summed E-state index contributed by atoms with van der Waals surface area (Å²) in [6.07, 6.45) is 5.10. The number of nitrogens with zero attached hydrogens (tertiary/aromatic N) is 3. The number of nitrogens with two attached hydrogens (primary N) is 1. The van der Waals surface area contributed by atoms with Crippen LogP contribution in [-0.4, -0.2) is 21.4 Å². The van der Waals surface area contributed by atoms with Gasteiger partial charge in [0.2, 0.25) is 0 Å². The quantitative estimate of drug-likeness (QED) is 0.823. The van der Waals surface area contributed by atoms with Crippen LogP contribution in [0.2, 0.25) is 0 Å². The van der Waals surface area contributed by atoms with Gasteiger partial charge in [0.15, 0.2) is 12.1 Å². The van der Waals surface area contributed by atoms with E-state index in [4.69, 9.17) is 10.5 Å². The predicted molar refractivity (Wildman–Crippen MR) is 68.7 cm³/mol. The minimum absolute atomic E-state index is 0.0359. The Kier molecular flexibility index (Phi) is 2.98. The van der Waals surface area contributed by atoms with Crippen molar-refractivity contribution in [2.24, 2.45) is 0 Å². The highest BCUT2D eigenvalue weighted by molar-refractivity contribution is 5.57. The number of hydrogen-bond acceptors (Lipinski definition) is 4. The summed E-state index contributed by atoms with van der Waals surface area (Å²) in [5, 5.41) is 4.47. The van der Waals surface area contributed by atoms with Crippen molar-refractivity contribution in [3.63, 3.8) is 0 Å². The van der Waals surface area contributed by atoms with Gasteiger partial charge in [-0.05, 0) is 43.5 Å². The van der Waals surface area contributed by atoms with Crippen LogP contribution in [0.1, 0.15) is 25.5 Å². The van der Waals surface area contributed by atoms with E-state index in [9.17, 15) is 0 Å². The van der Waals surface area contributed by atoms with Crippen molar-refractivity contribution in [3.05, 3.63) is 30.6 Å². The van der Waals surface area contributed by atoms with Crippen molar-refractivity contribution in [1.82, 2.24) is 14.8 Å². The Morgan fingerprint density at radius 1 is 1.22 bits per heavy atom. The molecule has 1 fully saturated rings. The number of hydrogen-bond donors (Lipinski definition) is 1. The van der Waals surface area contributed by atoms with Gasteiger partial charge in [0, 0.05) is 17.9 Å². The summed E-state index contributed by atoms with van der Waals surface area (Å²) in [5.74, 6) is 0.712. The number of ether oxygens (including phenoxy) is 1. The van der Waals surface area contributed by atoms with Crippen LogP contribution in [0.4, 0.5) is 5.69 Å². The Balaban J connectivity index is 1.82. The Hall–Kier alpha value is -1.88. The first-order chi connectivity index (χ1) is 8.83. The first-order valence-electron chi connectivity index (χ1n) is 6.21. The van der Waals surface area contributed by atoms with Crippen LogP contribution in [0, 0.1) is 0 Å². The topological polar surface area (TPSA) is 66.0 Å². The molecule has 1 aromatic heterocycles. The molecular weight excluding hydrogens is 228 g/mol. The van der Waals surface area contributed by atoms with Gasteiger partial charge in [0.05, 0.1) is 0 Å². The number of aromatic nitrogens is 3. The molecule has 1 aliphatic rings. The molecule has 1 atom stereocenters. The predicted octanol–water partition coefficient (Wildman–Crippen LogP) is 2.23. The Labute approximate surface area is 106 Å². The first-order valence-corrected chi connectivity index (χ1v) is 6.21. The van der Waals surface area contributed by atoms with Crippen molar-refractivity contribution < 1.29 is 4.74 Å². The van der Waals surface area contributed by atoms with Crippen LogP contribution in [0.3, 0.4) is 0 Å². The lowest BCUT2D eigenvalue weighted by molar-refractivity contribution is -0.0395. The molecule has 5 heteroatoms. The smallest absolute Gasteiger partial charge is 0.181 e. The molecule has 5 nitrogen and oxygen atoms in total. The van der Waals surface area contributed by atoms with Crippen molar-refractivity contribution in [2.75, 3.05) is 12.3 Å². The Morgan fingerprint density at radius 2 is 2.06 bits per heavy atom. The lowest BCUT2D eigenvalue weighted by Crippen LogP contribution is -2.18. The largest absolute Gasteiger partial charge is 0.399 e. The van der Waals surface area contributed by atoms with Gasteiger partial charge in [-0.3, -0.25) is 0 Å². The van der Waals surface area contributed by atoms with E-state index in [2.05, 4.69) is 10.1 Å². The summed E-state index contributed by atoms with van der Waals surface area (Å²) >= 11 is 0. The Bertz CT molecular complexity index is 514. The lowest BCUT2D eigenvalue weighted by Gasteiger charge is -2.21. The Morgan fingerprint density at radius 3 is 2.78 bits per heavy atom. The van der Waals surface area contributed by atoms with Gasteiger partial charge in [-0.1, -0.05) is 0 Å². The van der Waals surface area contributed by atoms with Gasteiger partial charge < -0.3 is 10.5 Å². The van der Waals surface area contributed by atoms with Crippen LogP contribution in [-0.2, 0) is 4.74 Å². The molecule has 18 heavy (non-hydrogen) atoms. The third-order valence-corrected chi connectivity index (χ3v) is 3.13. The van der Waals surface area contributed by atoms with E-state index in [0.717, 1.165) is 30.7 Å². The molecule has 2 aromatic rings. The molecule has 2 N–H and O–H groups in total. The monoisotopic (exact) mass is 244 g/mol. The summed E-state index contributed by atoms with van der Waals surface area (Å²) in [5.41, 5.74) is 7.38. The summed E-state index contributed by atoms with van der Waals surface area (Å²) < 4.78 is 7.48. The summed E-state index contributed by atoms with van der Waals surface area (Å²) in [6.45, 7) is 0.807. The fraction of sp³-hybridized carbons (Fsp3) is 0.385. The molecule has 0 saturated carbocycles. The van der Waals surface area contributed by atoms with E-state index in [1.165, 1.54) is 6.42 Å². The molecule has 0 spiro atoms. The van der Waals surface area contributed by atoms with Crippen LogP contribution in [0.15, 0.2) is 30.6 Å². The van der Waals surface area contributed by atoms with Crippen molar-refractivity contribution in [1.29, 1.82) is 0 Å².